The monoisotopic (exact) mass is 379 g/mol. The molecule has 0 amide bonds. The van der Waals surface area contributed by atoms with E-state index in [0.717, 1.165) is 12.0 Å². The fourth-order valence-electron chi connectivity index (χ4n) is 4.82. The quantitative estimate of drug-likeness (QED) is 0.561. The molecule has 138 valence electrons. The lowest BCUT2D eigenvalue weighted by molar-refractivity contribution is -0.206. The van der Waals surface area contributed by atoms with E-state index in [1.807, 2.05) is 13.8 Å². The fourth-order valence-corrected chi connectivity index (χ4v) is 5.11. The molecule has 3 atom stereocenters. The Morgan fingerprint density at radius 1 is 1.35 bits per heavy atom. The van der Waals surface area contributed by atoms with Gasteiger partial charge in [0.25, 0.3) is 0 Å². The molecule has 1 spiro atoms. The number of rotatable bonds is 1. The van der Waals surface area contributed by atoms with Gasteiger partial charge in [0, 0.05) is 6.20 Å². The number of aromatic nitrogens is 3. The van der Waals surface area contributed by atoms with Crippen LogP contribution < -0.4 is 0 Å². The molecule has 1 aliphatic carbocycles. The van der Waals surface area contributed by atoms with Crippen molar-refractivity contribution in [3.8, 4) is 0 Å². The Hall–Kier alpha value is -1.54. The maximum absolute atomic E-state index is 14.8. The Kier molecular flexibility index (Phi) is 3.09. The van der Waals surface area contributed by atoms with Gasteiger partial charge in [-0.1, -0.05) is 18.2 Å². The van der Waals surface area contributed by atoms with Gasteiger partial charge in [-0.3, -0.25) is 4.57 Å². The summed E-state index contributed by atoms with van der Waals surface area (Å²) in [5, 5.41) is 0.258. The molecule has 0 N–H and O–H groups in total. The summed E-state index contributed by atoms with van der Waals surface area (Å²) >= 11 is 6.20. The molecule has 0 radical (unpaired) electrons. The van der Waals surface area contributed by atoms with Gasteiger partial charge in [-0.05, 0) is 39.2 Å². The molecule has 0 bridgehead atoms. The molecular formula is C18H19ClFN3O3. The summed E-state index contributed by atoms with van der Waals surface area (Å²) in [7, 11) is 0. The molecule has 8 heteroatoms. The molecule has 2 aromatic rings. The average molecular weight is 380 g/mol. The standard InChI is InChI=1S/C18H19ClFN3O3/c1-9-5-6-17-13(9)24-8-18(17,26-16(3,4)25-17)23-7-11(20)12-14(19)21-10(2)22-15(12)23/h7,13H,1,5-6,8H2,2-4H3/t13-,17-,18+/m1/s1. The highest BCUT2D eigenvalue weighted by molar-refractivity contribution is 6.34. The van der Waals surface area contributed by atoms with Crippen LogP contribution in [-0.2, 0) is 19.9 Å². The molecule has 2 saturated heterocycles. The second kappa shape index (κ2) is 4.84. The van der Waals surface area contributed by atoms with Crippen LogP contribution in [0.1, 0.15) is 32.5 Å². The van der Waals surface area contributed by atoms with Crippen molar-refractivity contribution in [2.45, 2.75) is 56.8 Å². The number of ether oxygens (including phenoxy) is 3. The number of nitrogens with zero attached hydrogens (tertiary/aromatic N) is 3. The topological polar surface area (TPSA) is 58.4 Å². The van der Waals surface area contributed by atoms with Gasteiger partial charge >= 0.3 is 0 Å². The minimum atomic E-state index is -1.05. The van der Waals surface area contributed by atoms with Crippen LogP contribution in [0.25, 0.3) is 11.0 Å². The molecule has 4 heterocycles. The largest absolute Gasteiger partial charge is 0.365 e. The van der Waals surface area contributed by atoms with E-state index in [-0.39, 0.29) is 23.3 Å². The van der Waals surface area contributed by atoms with Crippen molar-refractivity contribution in [3.05, 3.63) is 35.1 Å². The molecule has 3 aliphatic rings. The number of fused-ring (bicyclic) bond motifs is 1. The van der Waals surface area contributed by atoms with Crippen molar-refractivity contribution in [2.24, 2.45) is 0 Å². The summed E-state index contributed by atoms with van der Waals surface area (Å²) in [5.74, 6) is -0.897. The highest BCUT2D eigenvalue weighted by Crippen LogP contribution is 2.61. The predicted octanol–water partition coefficient (Wildman–Crippen LogP) is 3.46. The maximum Gasteiger partial charge on any atom is 0.205 e. The first-order chi connectivity index (χ1) is 12.2. The third-order valence-electron chi connectivity index (χ3n) is 5.62. The molecule has 6 nitrogen and oxygen atoms in total. The highest BCUT2D eigenvalue weighted by Gasteiger charge is 2.75. The van der Waals surface area contributed by atoms with Crippen LogP contribution >= 0.6 is 11.6 Å². The Labute approximate surface area is 154 Å². The average Bonchev–Trinajstić information content (AvgIpc) is 3.16. The summed E-state index contributed by atoms with van der Waals surface area (Å²) in [6, 6.07) is 0. The van der Waals surface area contributed by atoms with Crippen molar-refractivity contribution in [3.63, 3.8) is 0 Å². The van der Waals surface area contributed by atoms with Gasteiger partial charge in [0.2, 0.25) is 5.72 Å². The van der Waals surface area contributed by atoms with E-state index in [9.17, 15) is 4.39 Å². The molecule has 1 saturated carbocycles. The number of hydrogen-bond acceptors (Lipinski definition) is 5. The zero-order chi connectivity index (χ0) is 18.5. The second-order valence-electron chi connectivity index (χ2n) is 7.73. The second-order valence-corrected chi connectivity index (χ2v) is 8.09. The van der Waals surface area contributed by atoms with Crippen molar-refractivity contribution < 1.29 is 18.6 Å². The van der Waals surface area contributed by atoms with Crippen LogP contribution in [-0.4, -0.2) is 38.6 Å². The zero-order valence-corrected chi connectivity index (χ0v) is 15.6. The summed E-state index contributed by atoms with van der Waals surface area (Å²) < 4.78 is 35.3. The van der Waals surface area contributed by atoms with Gasteiger partial charge in [0.05, 0.1) is 12.0 Å². The lowest BCUT2D eigenvalue weighted by atomic mass is 9.89. The summed E-state index contributed by atoms with van der Waals surface area (Å²) in [5.41, 5.74) is -0.485. The van der Waals surface area contributed by atoms with Gasteiger partial charge in [-0.25, -0.2) is 14.4 Å². The van der Waals surface area contributed by atoms with Gasteiger partial charge in [0.15, 0.2) is 22.9 Å². The first-order valence-corrected chi connectivity index (χ1v) is 8.98. The predicted molar refractivity (Wildman–Crippen MR) is 92.3 cm³/mol. The lowest BCUT2D eigenvalue weighted by Gasteiger charge is -2.35. The first kappa shape index (κ1) is 16.6. The maximum atomic E-state index is 14.8. The molecular weight excluding hydrogens is 361 g/mol. The van der Waals surface area contributed by atoms with Gasteiger partial charge in [0.1, 0.15) is 17.1 Å². The van der Waals surface area contributed by atoms with E-state index in [4.69, 9.17) is 25.8 Å². The molecule has 0 aromatic carbocycles. The van der Waals surface area contributed by atoms with Gasteiger partial charge in [-0.15, -0.1) is 0 Å². The highest BCUT2D eigenvalue weighted by atomic mass is 35.5. The zero-order valence-electron chi connectivity index (χ0n) is 14.8. The van der Waals surface area contributed by atoms with Crippen LogP contribution in [0.2, 0.25) is 5.15 Å². The Balaban J connectivity index is 1.82. The van der Waals surface area contributed by atoms with E-state index >= 15 is 0 Å². The van der Waals surface area contributed by atoms with Crippen molar-refractivity contribution in [2.75, 3.05) is 6.61 Å². The fraction of sp³-hybridized carbons (Fsp3) is 0.556. The molecule has 2 aromatic heterocycles. The summed E-state index contributed by atoms with van der Waals surface area (Å²) in [6.07, 6.45) is 2.51. The first-order valence-electron chi connectivity index (χ1n) is 8.60. The molecule has 2 aliphatic heterocycles. The van der Waals surface area contributed by atoms with E-state index < -0.39 is 22.9 Å². The molecule has 26 heavy (non-hydrogen) atoms. The Morgan fingerprint density at radius 2 is 2.12 bits per heavy atom. The van der Waals surface area contributed by atoms with Gasteiger partial charge in [-0.2, -0.15) is 0 Å². The number of aryl methyl sites for hydroxylation is 1. The van der Waals surface area contributed by atoms with Crippen LogP contribution in [0.15, 0.2) is 18.3 Å². The van der Waals surface area contributed by atoms with Crippen molar-refractivity contribution >= 4 is 22.6 Å². The molecule has 3 fully saturated rings. The SMILES string of the molecule is C=C1CC[C@]23OC(C)(C)O[C@@]2(n2cc(F)c4c(Cl)nc(C)nc42)CO[C@H]13. The van der Waals surface area contributed by atoms with E-state index in [1.165, 1.54) is 6.20 Å². The van der Waals surface area contributed by atoms with E-state index in [1.54, 1.807) is 11.5 Å². The van der Waals surface area contributed by atoms with Crippen LogP contribution in [0.4, 0.5) is 4.39 Å². The normalized spacial score (nSPS) is 35.3. The van der Waals surface area contributed by atoms with Gasteiger partial charge < -0.3 is 14.2 Å². The van der Waals surface area contributed by atoms with Crippen molar-refractivity contribution in [1.29, 1.82) is 0 Å². The number of halogens is 2. The van der Waals surface area contributed by atoms with Crippen molar-refractivity contribution in [1.82, 2.24) is 14.5 Å². The smallest absolute Gasteiger partial charge is 0.205 e. The van der Waals surface area contributed by atoms with Crippen LogP contribution in [0, 0.1) is 12.7 Å². The Bertz CT molecular complexity index is 974. The minimum Gasteiger partial charge on any atom is -0.365 e. The van der Waals surface area contributed by atoms with E-state index in [2.05, 4.69) is 16.5 Å². The lowest BCUT2D eigenvalue weighted by Crippen LogP contribution is -2.53. The Morgan fingerprint density at radius 3 is 2.88 bits per heavy atom. The van der Waals surface area contributed by atoms with Crippen LogP contribution in [0.3, 0.4) is 0 Å². The minimum absolute atomic E-state index is 0.0821. The molecule has 0 unspecified atom stereocenters. The molecule has 5 rings (SSSR count). The summed E-state index contributed by atoms with van der Waals surface area (Å²) in [4.78, 5) is 8.52. The third kappa shape index (κ3) is 1.82. The van der Waals surface area contributed by atoms with Crippen LogP contribution in [0.5, 0.6) is 0 Å². The third-order valence-corrected chi connectivity index (χ3v) is 5.89. The summed E-state index contributed by atoms with van der Waals surface area (Å²) in [6.45, 7) is 9.77. The number of hydrogen-bond donors (Lipinski definition) is 0. The van der Waals surface area contributed by atoms with E-state index in [0.29, 0.717) is 17.9 Å².